The van der Waals surface area contributed by atoms with Gasteiger partial charge in [0.25, 0.3) is 0 Å². The number of benzene rings is 2. The molecule has 0 amide bonds. The highest BCUT2D eigenvalue weighted by Crippen LogP contribution is 2.13. The normalized spacial score (nSPS) is 11.9. The summed E-state index contributed by atoms with van der Waals surface area (Å²) in [7, 11) is -2.73. The molecule has 2 aromatic rings. The topological polar surface area (TPSA) is 18.5 Å². The van der Waals surface area contributed by atoms with Crippen molar-refractivity contribution in [1.82, 2.24) is 0 Å². The molecular formula is C28H42O2Si. The largest absolute Gasteiger partial charge is 0.407 e. The monoisotopic (exact) mass is 438 g/mol. The molecule has 0 aliphatic heterocycles. The van der Waals surface area contributed by atoms with Crippen LogP contribution in [-0.4, -0.2) is 21.8 Å². The Morgan fingerprint density at radius 2 is 1.10 bits per heavy atom. The summed E-state index contributed by atoms with van der Waals surface area (Å²) in [6.45, 7) is 5.95. The van der Waals surface area contributed by atoms with Crippen molar-refractivity contribution in [2.45, 2.75) is 78.1 Å². The fourth-order valence-electron chi connectivity index (χ4n) is 3.80. The fraction of sp³-hybridized carbons (Fsp3) is 0.500. The maximum Gasteiger partial charge on any atom is 0.407 e. The van der Waals surface area contributed by atoms with Crippen LogP contribution in [0.15, 0.2) is 72.8 Å². The average molecular weight is 439 g/mol. The molecule has 31 heavy (non-hydrogen) atoms. The van der Waals surface area contributed by atoms with Crippen LogP contribution < -0.4 is 10.4 Å². The van der Waals surface area contributed by atoms with Crippen molar-refractivity contribution in [2.24, 2.45) is 0 Å². The lowest BCUT2D eigenvalue weighted by atomic mass is 10.2. The lowest BCUT2D eigenvalue weighted by Gasteiger charge is -2.31. The summed E-state index contributed by atoms with van der Waals surface area (Å²) in [5, 5.41) is 2.39. The van der Waals surface area contributed by atoms with Crippen molar-refractivity contribution in [3.05, 3.63) is 72.8 Å². The molecule has 0 aliphatic rings. The minimum absolute atomic E-state index is 0.691. The van der Waals surface area contributed by atoms with Crippen LogP contribution in [-0.2, 0) is 8.85 Å². The van der Waals surface area contributed by atoms with Gasteiger partial charge in [0.15, 0.2) is 0 Å². The van der Waals surface area contributed by atoms with E-state index in [-0.39, 0.29) is 0 Å². The molecule has 0 spiro atoms. The fourth-order valence-corrected chi connectivity index (χ4v) is 6.98. The Morgan fingerprint density at radius 3 is 1.71 bits per heavy atom. The van der Waals surface area contributed by atoms with E-state index in [4.69, 9.17) is 8.85 Å². The maximum absolute atomic E-state index is 6.73. The Bertz CT molecular complexity index is 660. The number of hydrogen-bond donors (Lipinski definition) is 0. The van der Waals surface area contributed by atoms with Gasteiger partial charge in [-0.25, -0.2) is 0 Å². The quantitative estimate of drug-likeness (QED) is 0.154. The summed E-state index contributed by atoms with van der Waals surface area (Å²) in [4.78, 5) is 0. The molecule has 0 N–H and O–H groups in total. The molecule has 0 fully saturated rings. The zero-order chi connectivity index (χ0) is 22.0. The molecule has 0 unspecified atom stereocenters. The number of hydrogen-bond acceptors (Lipinski definition) is 2. The molecule has 0 saturated carbocycles. The van der Waals surface area contributed by atoms with E-state index < -0.39 is 8.56 Å². The Morgan fingerprint density at radius 1 is 0.581 bits per heavy atom. The van der Waals surface area contributed by atoms with Gasteiger partial charge < -0.3 is 8.85 Å². The van der Waals surface area contributed by atoms with Crippen LogP contribution in [0.4, 0.5) is 0 Å². The molecule has 0 radical (unpaired) electrons. The van der Waals surface area contributed by atoms with E-state index in [1.165, 1.54) is 61.7 Å². The third-order valence-electron chi connectivity index (χ3n) is 5.59. The van der Waals surface area contributed by atoms with Crippen molar-refractivity contribution in [1.29, 1.82) is 0 Å². The van der Waals surface area contributed by atoms with Gasteiger partial charge >= 0.3 is 8.56 Å². The van der Waals surface area contributed by atoms with Gasteiger partial charge in [0.2, 0.25) is 0 Å². The van der Waals surface area contributed by atoms with Gasteiger partial charge in [-0.15, -0.1) is 0 Å². The van der Waals surface area contributed by atoms with Crippen LogP contribution in [0.5, 0.6) is 0 Å². The number of allylic oxidation sites excluding steroid dienone is 1. The van der Waals surface area contributed by atoms with Gasteiger partial charge in [0, 0.05) is 13.2 Å². The van der Waals surface area contributed by atoms with Crippen molar-refractivity contribution < 1.29 is 8.85 Å². The SMILES string of the molecule is CCCCC/C=C/CCO[Si](OCCCCCCC)(c1ccccc1)c1ccccc1. The van der Waals surface area contributed by atoms with E-state index in [1.54, 1.807) is 0 Å². The van der Waals surface area contributed by atoms with E-state index in [9.17, 15) is 0 Å². The Hall–Kier alpha value is -1.68. The van der Waals surface area contributed by atoms with Gasteiger partial charge in [-0.2, -0.15) is 0 Å². The molecule has 170 valence electrons. The van der Waals surface area contributed by atoms with Gasteiger partial charge in [-0.05, 0) is 36.1 Å². The Kier molecular flexibility index (Phi) is 13.2. The molecule has 2 aromatic carbocycles. The third-order valence-corrected chi connectivity index (χ3v) is 9.00. The highest BCUT2D eigenvalue weighted by atomic mass is 28.4. The summed E-state index contributed by atoms with van der Waals surface area (Å²) < 4.78 is 13.5. The van der Waals surface area contributed by atoms with Gasteiger partial charge in [-0.3, -0.25) is 0 Å². The standard InChI is InChI=1S/C28H42O2Si/c1-3-5-7-9-10-12-20-26-30-31(27-21-15-13-16-22-27,28-23-17-14-18-24-28)29-25-19-11-8-6-4-2/h10,12-18,21-24H,3-9,11,19-20,25-26H2,1-2H3/b12-10+. The summed E-state index contributed by atoms with van der Waals surface area (Å²) in [5.74, 6) is 0. The van der Waals surface area contributed by atoms with Crippen LogP contribution in [0.1, 0.15) is 78.1 Å². The highest BCUT2D eigenvalue weighted by Gasteiger charge is 2.42. The van der Waals surface area contributed by atoms with Crippen LogP contribution in [0.3, 0.4) is 0 Å². The van der Waals surface area contributed by atoms with E-state index in [0.717, 1.165) is 19.4 Å². The summed E-state index contributed by atoms with van der Waals surface area (Å²) in [5.41, 5.74) is 0. The molecule has 2 rings (SSSR count). The van der Waals surface area contributed by atoms with Crippen molar-refractivity contribution in [3.8, 4) is 0 Å². The van der Waals surface area contributed by atoms with Crippen molar-refractivity contribution in [2.75, 3.05) is 13.2 Å². The second-order valence-electron chi connectivity index (χ2n) is 8.22. The van der Waals surface area contributed by atoms with E-state index >= 15 is 0 Å². The van der Waals surface area contributed by atoms with Gasteiger partial charge in [0.1, 0.15) is 0 Å². The predicted octanol–water partition coefficient (Wildman–Crippen LogP) is 6.77. The van der Waals surface area contributed by atoms with Crippen LogP contribution >= 0.6 is 0 Å². The first-order valence-corrected chi connectivity index (χ1v) is 14.2. The van der Waals surface area contributed by atoms with E-state index in [1.807, 2.05) is 0 Å². The minimum atomic E-state index is -2.73. The number of unbranched alkanes of at least 4 members (excludes halogenated alkanes) is 7. The average Bonchev–Trinajstić information content (AvgIpc) is 2.83. The second kappa shape index (κ2) is 16.0. The third kappa shape index (κ3) is 9.14. The molecular weight excluding hydrogens is 396 g/mol. The van der Waals surface area contributed by atoms with E-state index in [2.05, 4.69) is 86.7 Å². The molecule has 0 aromatic heterocycles. The molecule has 3 heteroatoms. The summed E-state index contributed by atoms with van der Waals surface area (Å²) in [6, 6.07) is 21.2. The number of rotatable bonds is 17. The lowest BCUT2D eigenvalue weighted by Crippen LogP contribution is -2.63. The maximum atomic E-state index is 6.73. The zero-order valence-corrected chi connectivity index (χ0v) is 20.7. The van der Waals surface area contributed by atoms with Crippen molar-refractivity contribution in [3.63, 3.8) is 0 Å². The van der Waals surface area contributed by atoms with Gasteiger partial charge in [-0.1, -0.05) is 125 Å². The first-order chi connectivity index (χ1) is 15.3. The first kappa shape index (κ1) is 25.6. The summed E-state index contributed by atoms with van der Waals surface area (Å²) in [6.07, 6.45) is 16.7. The smallest absolute Gasteiger partial charge is 0.388 e. The zero-order valence-electron chi connectivity index (χ0n) is 19.7. The molecule has 0 atom stereocenters. The highest BCUT2D eigenvalue weighted by molar-refractivity contribution is 6.92. The Balaban J connectivity index is 2.10. The van der Waals surface area contributed by atoms with Crippen LogP contribution in [0.2, 0.25) is 0 Å². The molecule has 0 aliphatic carbocycles. The first-order valence-electron chi connectivity index (χ1n) is 12.4. The second-order valence-corrected chi connectivity index (χ2v) is 11.2. The predicted molar refractivity (Wildman–Crippen MR) is 136 cm³/mol. The minimum Gasteiger partial charge on any atom is -0.388 e. The molecule has 0 saturated heterocycles. The van der Waals surface area contributed by atoms with Crippen LogP contribution in [0, 0.1) is 0 Å². The van der Waals surface area contributed by atoms with Crippen LogP contribution in [0.25, 0.3) is 0 Å². The van der Waals surface area contributed by atoms with Crippen molar-refractivity contribution >= 4 is 18.9 Å². The molecule has 0 heterocycles. The Labute approximate surface area is 191 Å². The molecule has 0 bridgehead atoms. The lowest BCUT2D eigenvalue weighted by molar-refractivity contribution is 0.190. The molecule has 2 nitrogen and oxygen atoms in total. The summed E-state index contributed by atoms with van der Waals surface area (Å²) >= 11 is 0. The van der Waals surface area contributed by atoms with E-state index in [0.29, 0.717) is 6.61 Å². The van der Waals surface area contributed by atoms with Gasteiger partial charge in [0.05, 0.1) is 0 Å².